The molecule has 0 aliphatic heterocycles. The molecule has 1 nitrogen and oxygen atoms in total. The van der Waals surface area contributed by atoms with Crippen molar-refractivity contribution in [2.45, 2.75) is 26.2 Å². The van der Waals surface area contributed by atoms with Gasteiger partial charge in [0, 0.05) is 16.9 Å². The van der Waals surface area contributed by atoms with E-state index < -0.39 is 5.41 Å². The molecule has 0 spiro atoms. The van der Waals surface area contributed by atoms with Crippen LogP contribution in [0.15, 0.2) is 212 Å². The van der Waals surface area contributed by atoms with Crippen LogP contribution in [0.1, 0.15) is 38.9 Å². The van der Waals surface area contributed by atoms with E-state index in [1.807, 2.05) is 48.5 Å². The van der Waals surface area contributed by atoms with Gasteiger partial charge in [0.1, 0.15) is 11.6 Å². The Labute approximate surface area is 357 Å². The summed E-state index contributed by atoms with van der Waals surface area (Å²) in [7, 11) is 0. The minimum atomic E-state index is -0.765. The number of nitrogens with one attached hydrogen (secondary N) is 1. The van der Waals surface area contributed by atoms with Crippen molar-refractivity contribution in [3.63, 3.8) is 0 Å². The van der Waals surface area contributed by atoms with Crippen molar-refractivity contribution in [1.82, 2.24) is 0 Å². The molecule has 3 heteroatoms. The van der Waals surface area contributed by atoms with Crippen LogP contribution < -0.4 is 5.32 Å². The Morgan fingerprint density at radius 2 is 0.885 bits per heavy atom. The maximum atomic E-state index is 16.3. The molecule has 61 heavy (non-hydrogen) atoms. The number of anilines is 2. The number of hydrogen-bond acceptors (Lipinski definition) is 1. The number of rotatable bonds is 7. The molecule has 9 aromatic rings. The van der Waals surface area contributed by atoms with Crippen LogP contribution in [0.25, 0.3) is 44.5 Å². The maximum absolute atomic E-state index is 16.3. The zero-order valence-electron chi connectivity index (χ0n) is 34.5. The van der Waals surface area contributed by atoms with Crippen molar-refractivity contribution in [3.8, 4) is 44.5 Å². The molecule has 0 amide bonds. The second-order valence-electron chi connectivity index (χ2n) is 15.8. The Bertz CT molecular complexity index is 2890. The Morgan fingerprint density at radius 3 is 1.46 bits per heavy atom. The van der Waals surface area contributed by atoms with Gasteiger partial charge in [-0.05, 0) is 147 Å². The second-order valence-corrected chi connectivity index (χ2v) is 15.8. The minimum Gasteiger partial charge on any atom is -0.355 e. The van der Waals surface area contributed by atoms with Crippen LogP contribution in [0.2, 0.25) is 0 Å². The number of hydrogen-bond donors (Lipinski definition) is 1. The third-order valence-corrected chi connectivity index (χ3v) is 12.0. The van der Waals surface area contributed by atoms with E-state index in [9.17, 15) is 4.39 Å². The molecule has 1 aliphatic carbocycles. The van der Waals surface area contributed by atoms with Gasteiger partial charge in [-0.25, -0.2) is 8.78 Å². The molecule has 1 aliphatic rings. The predicted octanol–water partition coefficient (Wildman–Crippen LogP) is 15.7. The number of halogens is 2. The van der Waals surface area contributed by atoms with Gasteiger partial charge in [0.25, 0.3) is 0 Å². The molecule has 0 fully saturated rings. The zero-order chi connectivity index (χ0) is 41.9. The van der Waals surface area contributed by atoms with Crippen molar-refractivity contribution < 1.29 is 8.78 Å². The van der Waals surface area contributed by atoms with Gasteiger partial charge >= 0.3 is 0 Å². The average Bonchev–Trinajstić information content (AvgIpc) is 3.57. The summed E-state index contributed by atoms with van der Waals surface area (Å²) < 4.78 is 30.1. The summed E-state index contributed by atoms with van der Waals surface area (Å²) in [5, 5.41) is 3.69. The molecule has 0 bridgehead atoms. The fourth-order valence-electron chi connectivity index (χ4n) is 8.95. The van der Waals surface area contributed by atoms with Gasteiger partial charge in [-0.1, -0.05) is 164 Å². The smallest absolute Gasteiger partial charge is 0.131 e. The fraction of sp³-hybridized carbons (Fsp3) is 0.0690. The lowest BCUT2D eigenvalue weighted by atomic mass is 9.67. The summed E-state index contributed by atoms with van der Waals surface area (Å²) in [6, 6.07) is 70.7. The van der Waals surface area contributed by atoms with Crippen LogP contribution in [0.4, 0.5) is 20.2 Å². The van der Waals surface area contributed by atoms with Crippen LogP contribution in [0.3, 0.4) is 0 Å². The first-order valence-electron chi connectivity index (χ1n) is 20.7. The normalized spacial score (nSPS) is 12.1. The highest BCUT2D eigenvalue weighted by Crippen LogP contribution is 2.57. The topological polar surface area (TPSA) is 12.0 Å². The first kappa shape index (κ1) is 39.1. The average molecular weight is 794 g/mol. The molecule has 10 rings (SSSR count). The van der Waals surface area contributed by atoms with E-state index in [1.54, 1.807) is 18.2 Å². The Balaban J connectivity index is 0.000000288. The van der Waals surface area contributed by atoms with Crippen LogP contribution in [-0.4, -0.2) is 0 Å². The molecule has 0 heterocycles. The highest BCUT2D eigenvalue weighted by Gasteiger charge is 2.47. The van der Waals surface area contributed by atoms with Crippen LogP contribution >= 0.6 is 0 Å². The molecule has 9 aromatic carbocycles. The molecule has 0 atom stereocenters. The van der Waals surface area contributed by atoms with Gasteiger partial charge in [0.05, 0.1) is 5.41 Å². The third-order valence-electron chi connectivity index (χ3n) is 12.0. The first-order chi connectivity index (χ1) is 29.8. The zero-order valence-corrected chi connectivity index (χ0v) is 34.5. The lowest BCUT2D eigenvalue weighted by Crippen LogP contribution is -2.28. The first-order valence-corrected chi connectivity index (χ1v) is 20.7. The van der Waals surface area contributed by atoms with E-state index in [0.717, 1.165) is 50.3 Å². The molecule has 0 saturated heterocycles. The van der Waals surface area contributed by atoms with Crippen LogP contribution in [0, 0.1) is 32.4 Å². The minimum absolute atomic E-state index is 0.341. The predicted molar refractivity (Wildman–Crippen MR) is 250 cm³/mol. The quantitative estimate of drug-likeness (QED) is 0.169. The lowest BCUT2D eigenvalue weighted by Gasteiger charge is -2.34. The summed E-state index contributed by atoms with van der Waals surface area (Å²) in [6.07, 6.45) is 0. The van der Waals surface area contributed by atoms with Gasteiger partial charge in [-0.15, -0.1) is 0 Å². The van der Waals surface area contributed by atoms with E-state index in [1.165, 1.54) is 45.5 Å². The molecular formula is C58H45F2N. The highest BCUT2D eigenvalue weighted by atomic mass is 19.1. The van der Waals surface area contributed by atoms with Crippen molar-refractivity contribution in [3.05, 3.63) is 263 Å². The number of aryl methyl sites for hydroxylation is 3. The van der Waals surface area contributed by atoms with E-state index in [4.69, 9.17) is 0 Å². The second kappa shape index (κ2) is 16.7. The lowest BCUT2D eigenvalue weighted by molar-refractivity contribution is 0.622. The molecular weight excluding hydrogens is 749 g/mol. The molecule has 296 valence electrons. The molecule has 0 unspecified atom stereocenters. The largest absolute Gasteiger partial charge is 0.355 e. The maximum Gasteiger partial charge on any atom is 0.131 e. The van der Waals surface area contributed by atoms with Gasteiger partial charge in [0.15, 0.2) is 0 Å². The van der Waals surface area contributed by atoms with Crippen LogP contribution in [-0.2, 0) is 5.41 Å². The number of benzene rings is 9. The molecule has 0 radical (unpaired) electrons. The van der Waals surface area contributed by atoms with Crippen molar-refractivity contribution in [2.75, 3.05) is 5.32 Å². The Kier molecular flexibility index (Phi) is 10.7. The summed E-state index contributed by atoms with van der Waals surface area (Å²) in [6.45, 7) is 6.43. The Hall–Kier alpha value is -7.36. The van der Waals surface area contributed by atoms with Gasteiger partial charge < -0.3 is 5.32 Å². The molecule has 1 N–H and O–H groups in total. The van der Waals surface area contributed by atoms with Gasteiger partial charge in [-0.3, -0.25) is 0 Å². The third kappa shape index (κ3) is 7.45. The summed E-state index contributed by atoms with van der Waals surface area (Å²) >= 11 is 0. The standard InChI is InChI=1S/C44H31F2N.C14H14/c1-29-25-32(30-11-5-2-6-12-30)19-24-43(29)47-36-22-23-37-39-27-38(31-17-20-35(45)21-18-31)42(46)28-41(39)44(40(37)26-36,33-13-7-3-8-14-33)34-15-9-4-10-16-34;1-11-7-3-5-9-13(11)14-10-6-4-8-12(14)2/h2-28,47H,1H3;3-10H,1-2H3. The summed E-state index contributed by atoms with van der Waals surface area (Å²) in [5.41, 5.74) is 17.2. The van der Waals surface area contributed by atoms with Crippen LogP contribution in [0.5, 0.6) is 0 Å². The molecule has 0 aromatic heterocycles. The van der Waals surface area contributed by atoms with Gasteiger partial charge in [0.2, 0.25) is 0 Å². The van der Waals surface area contributed by atoms with E-state index >= 15 is 4.39 Å². The highest BCUT2D eigenvalue weighted by molar-refractivity contribution is 5.90. The van der Waals surface area contributed by atoms with E-state index in [2.05, 4.69) is 160 Å². The fourth-order valence-corrected chi connectivity index (χ4v) is 8.95. The van der Waals surface area contributed by atoms with Crippen molar-refractivity contribution >= 4 is 11.4 Å². The van der Waals surface area contributed by atoms with Crippen molar-refractivity contribution in [1.29, 1.82) is 0 Å². The van der Waals surface area contributed by atoms with Gasteiger partial charge in [-0.2, -0.15) is 0 Å². The monoisotopic (exact) mass is 793 g/mol. The van der Waals surface area contributed by atoms with E-state index in [-0.39, 0.29) is 11.6 Å². The molecule has 0 saturated carbocycles. The summed E-state index contributed by atoms with van der Waals surface area (Å²) in [4.78, 5) is 0. The van der Waals surface area contributed by atoms with Crippen molar-refractivity contribution in [2.24, 2.45) is 0 Å². The Morgan fingerprint density at radius 1 is 0.361 bits per heavy atom. The summed E-state index contributed by atoms with van der Waals surface area (Å²) in [5.74, 6) is -0.690. The SMILES string of the molecule is Cc1cc(-c2ccccc2)ccc1Nc1ccc2c(c1)C(c1ccccc1)(c1ccccc1)c1cc(F)c(-c3ccc(F)cc3)cc1-2.Cc1ccccc1-c1ccccc1C. The number of fused-ring (bicyclic) bond motifs is 3. The van der Waals surface area contributed by atoms with E-state index in [0.29, 0.717) is 11.1 Å².